The molecule has 6 atom stereocenters. The first-order valence-corrected chi connectivity index (χ1v) is 16.9. The van der Waals surface area contributed by atoms with E-state index < -0.39 is 47.6 Å². The molecule has 0 aromatic heterocycles. The van der Waals surface area contributed by atoms with Crippen molar-refractivity contribution in [2.45, 2.75) is 97.3 Å². The molecule has 2 rings (SSSR count). The second kappa shape index (κ2) is 21.6. The number of benzene rings is 2. The number of methoxy groups -OCH3 is 1. The lowest BCUT2D eigenvalue weighted by atomic mass is 9.88. The van der Waals surface area contributed by atoms with Crippen LogP contribution in [0.3, 0.4) is 0 Å². The average molecular weight is 672 g/mol. The number of hydrogen-bond acceptors (Lipinski definition) is 9. The zero-order chi connectivity index (χ0) is 35.5. The van der Waals surface area contributed by atoms with Crippen LogP contribution in [0.5, 0.6) is 0 Å². The van der Waals surface area contributed by atoms with Crippen LogP contribution in [-0.4, -0.2) is 86.6 Å². The van der Waals surface area contributed by atoms with Gasteiger partial charge < -0.3 is 34.7 Å². The average Bonchev–Trinajstić information content (AvgIpc) is 3.04. The molecule has 0 heterocycles. The Morgan fingerprint density at radius 3 is 2.02 bits per heavy atom. The first kappa shape index (κ1) is 40.8. The Balaban J connectivity index is 2.16. The van der Waals surface area contributed by atoms with Crippen LogP contribution in [0.15, 0.2) is 60.7 Å². The maximum atomic E-state index is 13.8. The Hall–Kier alpha value is -3.35. The van der Waals surface area contributed by atoms with Gasteiger partial charge in [0.25, 0.3) is 0 Å². The molecule has 0 spiro atoms. The smallest absolute Gasteiger partial charge is 0.407 e. The van der Waals surface area contributed by atoms with E-state index in [1.54, 1.807) is 34.8 Å². The molecule has 2 unspecified atom stereocenters. The van der Waals surface area contributed by atoms with E-state index in [1.807, 2.05) is 74.5 Å². The summed E-state index contributed by atoms with van der Waals surface area (Å²) in [5.41, 5.74) is 1.06. The number of amides is 3. The number of aliphatic hydroxyl groups is 1. The van der Waals surface area contributed by atoms with Crippen molar-refractivity contribution >= 4 is 17.9 Å². The highest BCUT2D eigenvalue weighted by Crippen LogP contribution is 2.20. The SMILES string of the molecule is CC[C@H](C)[C@@H](NCCOCCOC(C)OC)C(=O)NC(=O)C(Cc1ccccc1)C[C@H](O)[C@H](Cc1ccccc1)NC(=O)OC(C)(C)C. The summed E-state index contributed by atoms with van der Waals surface area (Å²) >= 11 is 0. The van der Waals surface area contributed by atoms with E-state index >= 15 is 0 Å². The molecular formula is C37H57N3O8. The van der Waals surface area contributed by atoms with Crippen LogP contribution in [0.1, 0.15) is 65.5 Å². The van der Waals surface area contributed by atoms with Gasteiger partial charge in [-0.2, -0.15) is 0 Å². The molecule has 0 saturated carbocycles. The number of nitrogens with one attached hydrogen (secondary N) is 3. The van der Waals surface area contributed by atoms with Crippen LogP contribution >= 0.6 is 0 Å². The second-order valence-corrected chi connectivity index (χ2v) is 13.1. The summed E-state index contributed by atoms with van der Waals surface area (Å²) in [6.07, 6.45) is -0.771. The lowest BCUT2D eigenvalue weighted by molar-refractivity contribution is -0.135. The van der Waals surface area contributed by atoms with Crippen LogP contribution in [0, 0.1) is 11.8 Å². The molecule has 0 bridgehead atoms. The zero-order valence-electron chi connectivity index (χ0n) is 29.7. The molecule has 11 heteroatoms. The number of aliphatic hydroxyl groups excluding tert-OH is 1. The van der Waals surface area contributed by atoms with Crippen LogP contribution < -0.4 is 16.0 Å². The van der Waals surface area contributed by atoms with E-state index in [0.717, 1.165) is 11.1 Å². The highest BCUT2D eigenvalue weighted by molar-refractivity contribution is 5.99. The molecule has 2 aromatic rings. The normalized spacial score (nSPS) is 15.4. The minimum absolute atomic E-state index is 0.000329. The molecule has 0 radical (unpaired) electrons. The van der Waals surface area contributed by atoms with Crippen molar-refractivity contribution in [2.24, 2.45) is 11.8 Å². The lowest BCUT2D eigenvalue weighted by Gasteiger charge is -2.29. The van der Waals surface area contributed by atoms with Crippen LogP contribution in [0.4, 0.5) is 4.79 Å². The van der Waals surface area contributed by atoms with Gasteiger partial charge in [-0.05, 0) is 64.0 Å². The summed E-state index contributed by atoms with van der Waals surface area (Å²) in [7, 11) is 1.57. The Bertz CT molecular complexity index is 1210. The lowest BCUT2D eigenvalue weighted by Crippen LogP contribution is -2.52. The van der Waals surface area contributed by atoms with Gasteiger partial charge in [0.2, 0.25) is 11.8 Å². The fourth-order valence-electron chi connectivity index (χ4n) is 5.07. The largest absolute Gasteiger partial charge is 0.444 e. The van der Waals surface area contributed by atoms with Crippen LogP contribution in [-0.2, 0) is 41.4 Å². The van der Waals surface area contributed by atoms with E-state index in [9.17, 15) is 19.5 Å². The van der Waals surface area contributed by atoms with E-state index in [1.165, 1.54) is 0 Å². The summed E-state index contributed by atoms with van der Waals surface area (Å²) in [6, 6.07) is 17.5. The van der Waals surface area contributed by atoms with Crippen molar-refractivity contribution in [3.05, 3.63) is 71.8 Å². The van der Waals surface area contributed by atoms with Gasteiger partial charge in [-0.1, -0.05) is 80.9 Å². The molecule has 0 saturated heterocycles. The number of alkyl carbamates (subject to hydrolysis) is 1. The fraction of sp³-hybridized carbons (Fsp3) is 0.595. The summed E-state index contributed by atoms with van der Waals surface area (Å²) in [6.45, 7) is 12.5. The van der Waals surface area contributed by atoms with Gasteiger partial charge in [0.05, 0.1) is 38.0 Å². The van der Waals surface area contributed by atoms with Gasteiger partial charge in [-0.25, -0.2) is 4.79 Å². The molecule has 0 fully saturated rings. The Morgan fingerprint density at radius 2 is 1.46 bits per heavy atom. The predicted octanol–water partition coefficient (Wildman–Crippen LogP) is 4.41. The molecule has 4 N–H and O–H groups in total. The minimum Gasteiger partial charge on any atom is -0.444 e. The predicted molar refractivity (Wildman–Crippen MR) is 185 cm³/mol. The van der Waals surface area contributed by atoms with Crippen molar-refractivity contribution in [2.75, 3.05) is 33.5 Å². The van der Waals surface area contributed by atoms with Crippen molar-refractivity contribution < 1.29 is 38.4 Å². The zero-order valence-corrected chi connectivity index (χ0v) is 29.7. The number of hydrogen-bond donors (Lipinski definition) is 4. The third-order valence-corrected chi connectivity index (χ3v) is 7.95. The first-order valence-electron chi connectivity index (χ1n) is 16.9. The van der Waals surface area contributed by atoms with Gasteiger partial charge in [0, 0.05) is 19.6 Å². The number of imide groups is 1. The van der Waals surface area contributed by atoms with E-state index in [-0.39, 0.29) is 18.6 Å². The minimum atomic E-state index is -1.12. The van der Waals surface area contributed by atoms with Crippen molar-refractivity contribution in [3.8, 4) is 0 Å². The van der Waals surface area contributed by atoms with Gasteiger partial charge in [-0.15, -0.1) is 0 Å². The summed E-state index contributed by atoms with van der Waals surface area (Å²) in [5.74, 6) is -1.75. The van der Waals surface area contributed by atoms with E-state index in [4.69, 9.17) is 18.9 Å². The fourth-order valence-corrected chi connectivity index (χ4v) is 5.07. The number of carbonyl (C=O) groups excluding carboxylic acids is 3. The van der Waals surface area contributed by atoms with E-state index in [2.05, 4.69) is 16.0 Å². The second-order valence-electron chi connectivity index (χ2n) is 13.1. The molecule has 0 aliphatic heterocycles. The summed E-state index contributed by atoms with van der Waals surface area (Å²) in [4.78, 5) is 40.1. The molecule has 0 aliphatic carbocycles. The molecule has 268 valence electrons. The molecule has 0 aliphatic rings. The van der Waals surface area contributed by atoms with Crippen molar-refractivity contribution in [1.29, 1.82) is 0 Å². The van der Waals surface area contributed by atoms with Gasteiger partial charge in [0.15, 0.2) is 6.29 Å². The standard InChI is InChI=1S/C37H57N3O8/c1-8-26(2)33(38-19-20-46-21-22-47-27(3)45-7)35(43)40-34(42)30(23-28-15-11-9-12-16-28)25-32(41)31(24-29-17-13-10-14-18-29)39-36(44)48-37(4,5)6/h9-18,26-27,30-33,38,41H,8,19-25H2,1-7H3,(H,39,44)(H,40,42,43)/t26-,27?,30?,31-,32-,33+/m0/s1. The third kappa shape index (κ3) is 16.2. The van der Waals surface area contributed by atoms with Crippen molar-refractivity contribution in [3.63, 3.8) is 0 Å². The maximum Gasteiger partial charge on any atom is 0.407 e. The van der Waals surface area contributed by atoms with Crippen LogP contribution in [0.25, 0.3) is 0 Å². The molecule has 3 amide bonds. The number of ether oxygens (including phenoxy) is 4. The summed E-state index contributed by atoms with van der Waals surface area (Å²) < 4.78 is 21.6. The molecule has 48 heavy (non-hydrogen) atoms. The Kier molecular flexibility index (Phi) is 18.4. The maximum absolute atomic E-state index is 13.8. The van der Waals surface area contributed by atoms with Crippen molar-refractivity contribution in [1.82, 2.24) is 16.0 Å². The quantitative estimate of drug-likeness (QED) is 0.112. The number of rotatable bonds is 21. The molecule has 11 nitrogen and oxygen atoms in total. The number of carbonyl (C=O) groups is 3. The molecule has 2 aromatic carbocycles. The molecular weight excluding hydrogens is 614 g/mol. The first-order chi connectivity index (χ1) is 22.8. The Morgan fingerprint density at radius 1 is 0.854 bits per heavy atom. The Labute approximate surface area is 286 Å². The topological polar surface area (TPSA) is 144 Å². The van der Waals surface area contributed by atoms with Crippen LogP contribution in [0.2, 0.25) is 0 Å². The summed E-state index contributed by atoms with van der Waals surface area (Å²) in [5, 5.41) is 20.2. The third-order valence-electron chi connectivity index (χ3n) is 7.95. The van der Waals surface area contributed by atoms with E-state index in [0.29, 0.717) is 45.6 Å². The van der Waals surface area contributed by atoms with Gasteiger partial charge in [-0.3, -0.25) is 14.9 Å². The van der Waals surface area contributed by atoms with Gasteiger partial charge >= 0.3 is 6.09 Å². The highest BCUT2D eigenvalue weighted by Gasteiger charge is 2.32. The van der Waals surface area contributed by atoms with Gasteiger partial charge in [0.1, 0.15) is 5.60 Å². The highest BCUT2D eigenvalue weighted by atomic mass is 16.7. The monoisotopic (exact) mass is 671 g/mol.